The van der Waals surface area contributed by atoms with Gasteiger partial charge in [-0.05, 0) is 32.5 Å². The van der Waals surface area contributed by atoms with Gasteiger partial charge in [0.1, 0.15) is 0 Å². The van der Waals surface area contributed by atoms with E-state index < -0.39 is 0 Å². The first kappa shape index (κ1) is 20.0. The van der Waals surface area contributed by atoms with Crippen LogP contribution in [0.2, 0.25) is 5.02 Å². The molecule has 0 spiro atoms. The maximum atomic E-state index is 6.29. The average Bonchev–Trinajstić information content (AvgIpc) is 2.60. The van der Waals surface area contributed by atoms with Crippen LogP contribution in [0.5, 0.6) is 0 Å². The van der Waals surface area contributed by atoms with Crippen molar-refractivity contribution in [3.63, 3.8) is 0 Å². The van der Waals surface area contributed by atoms with Gasteiger partial charge in [-0.25, -0.2) is 0 Å². The molecule has 0 radical (unpaired) electrons. The molecular formula is C19H32ClN5. The fourth-order valence-electron chi connectivity index (χ4n) is 3.02. The summed E-state index contributed by atoms with van der Waals surface area (Å²) in [5, 5.41) is 4.20. The quantitative estimate of drug-likeness (QED) is 0.620. The van der Waals surface area contributed by atoms with E-state index in [4.69, 9.17) is 16.6 Å². The number of rotatable bonds is 6. The fraction of sp³-hybridized carbons (Fsp3) is 0.632. The van der Waals surface area contributed by atoms with Crippen molar-refractivity contribution in [2.75, 3.05) is 53.4 Å². The predicted octanol–water partition coefficient (Wildman–Crippen LogP) is 2.37. The molecule has 1 heterocycles. The second-order valence-electron chi connectivity index (χ2n) is 6.83. The van der Waals surface area contributed by atoms with Crippen molar-refractivity contribution in [1.29, 1.82) is 0 Å². The van der Waals surface area contributed by atoms with E-state index in [1.165, 1.54) is 0 Å². The van der Waals surface area contributed by atoms with Crippen LogP contribution in [0.25, 0.3) is 0 Å². The molecule has 140 valence electrons. The Balaban J connectivity index is 1.96. The van der Waals surface area contributed by atoms with E-state index in [0.717, 1.165) is 62.4 Å². The number of halogens is 1. The van der Waals surface area contributed by atoms with Gasteiger partial charge in [0.2, 0.25) is 0 Å². The minimum Gasteiger partial charge on any atom is -0.357 e. The monoisotopic (exact) mass is 365 g/mol. The van der Waals surface area contributed by atoms with Crippen LogP contribution in [-0.4, -0.2) is 80.1 Å². The maximum absolute atomic E-state index is 6.29. The predicted molar refractivity (Wildman–Crippen MR) is 107 cm³/mol. The van der Waals surface area contributed by atoms with Crippen molar-refractivity contribution < 1.29 is 0 Å². The minimum atomic E-state index is 0.455. The number of likely N-dealkylation sites (N-methyl/N-ethyl adjacent to an activating group) is 1. The van der Waals surface area contributed by atoms with E-state index in [1.807, 2.05) is 18.2 Å². The van der Waals surface area contributed by atoms with Crippen molar-refractivity contribution in [2.45, 2.75) is 26.4 Å². The molecule has 1 unspecified atom stereocenters. The molecule has 1 aliphatic heterocycles. The molecule has 25 heavy (non-hydrogen) atoms. The maximum Gasteiger partial charge on any atom is 0.194 e. The zero-order valence-corrected chi connectivity index (χ0v) is 16.8. The number of nitrogens with one attached hydrogen (secondary N) is 1. The summed E-state index contributed by atoms with van der Waals surface area (Å²) in [5.41, 5.74) is 1.12. The lowest BCUT2D eigenvalue weighted by atomic mass is 10.2. The Bertz CT molecular complexity index is 555. The number of hydrogen-bond acceptors (Lipinski definition) is 3. The molecule has 1 fully saturated rings. The molecule has 0 saturated carbocycles. The number of benzene rings is 1. The van der Waals surface area contributed by atoms with Crippen LogP contribution >= 0.6 is 11.6 Å². The molecule has 0 aromatic heterocycles. The molecular weight excluding hydrogens is 334 g/mol. The normalized spacial score (nSPS) is 18.2. The molecule has 1 N–H and O–H groups in total. The number of piperazine rings is 1. The van der Waals surface area contributed by atoms with Gasteiger partial charge in [-0.3, -0.25) is 9.89 Å². The highest BCUT2D eigenvalue weighted by atomic mass is 35.5. The number of guanidine groups is 1. The molecule has 5 nitrogen and oxygen atoms in total. The van der Waals surface area contributed by atoms with Crippen LogP contribution in [-0.2, 0) is 6.54 Å². The summed E-state index contributed by atoms with van der Waals surface area (Å²) in [6.07, 6.45) is 0. The molecule has 1 aromatic carbocycles. The molecule has 0 aliphatic carbocycles. The summed E-state index contributed by atoms with van der Waals surface area (Å²) < 4.78 is 0. The van der Waals surface area contributed by atoms with Crippen LogP contribution < -0.4 is 5.32 Å². The highest BCUT2D eigenvalue weighted by Gasteiger charge is 2.19. The zero-order valence-electron chi connectivity index (χ0n) is 16.0. The molecule has 6 heteroatoms. The molecule has 1 atom stereocenters. The largest absolute Gasteiger partial charge is 0.357 e. The zero-order chi connectivity index (χ0) is 18.2. The van der Waals surface area contributed by atoms with E-state index in [1.54, 1.807) is 0 Å². The SMILES string of the molecule is CCNC(=NCC(C)N1CCN(C)CC1)N(C)Cc1ccccc1Cl. The Hall–Kier alpha value is -1.30. The summed E-state index contributed by atoms with van der Waals surface area (Å²) >= 11 is 6.29. The van der Waals surface area contributed by atoms with Gasteiger partial charge in [-0.1, -0.05) is 29.8 Å². The van der Waals surface area contributed by atoms with Gasteiger partial charge in [0.05, 0.1) is 6.54 Å². The van der Waals surface area contributed by atoms with Gasteiger partial charge < -0.3 is 15.1 Å². The fourth-order valence-corrected chi connectivity index (χ4v) is 3.22. The first-order chi connectivity index (χ1) is 12.0. The van der Waals surface area contributed by atoms with Gasteiger partial charge in [0.15, 0.2) is 5.96 Å². The van der Waals surface area contributed by atoms with E-state index in [9.17, 15) is 0 Å². The third kappa shape index (κ3) is 6.17. The Kier molecular flexibility index (Phi) is 8.00. The van der Waals surface area contributed by atoms with Gasteiger partial charge >= 0.3 is 0 Å². The Morgan fingerprint density at radius 1 is 1.28 bits per heavy atom. The van der Waals surface area contributed by atoms with Crippen molar-refractivity contribution in [3.05, 3.63) is 34.9 Å². The second-order valence-corrected chi connectivity index (χ2v) is 7.24. The van der Waals surface area contributed by atoms with Gasteiger partial charge in [-0.2, -0.15) is 0 Å². The molecule has 0 bridgehead atoms. The third-order valence-corrected chi connectivity index (χ3v) is 5.10. The Labute approximate surface area is 157 Å². The minimum absolute atomic E-state index is 0.455. The molecule has 1 aromatic rings. The van der Waals surface area contributed by atoms with Crippen molar-refractivity contribution in [3.8, 4) is 0 Å². The average molecular weight is 366 g/mol. The van der Waals surface area contributed by atoms with Crippen LogP contribution in [0.4, 0.5) is 0 Å². The summed E-state index contributed by atoms with van der Waals surface area (Å²) in [5.74, 6) is 0.934. The van der Waals surface area contributed by atoms with Gasteiger partial charge in [-0.15, -0.1) is 0 Å². The van der Waals surface area contributed by atoms with Crippen molar-refractivity contribution >= 4 is 17.6 Å². The highest BCUT2D eigenvalue weighted by Crippen LogP contribution is 2.16. The summed E-state index contributed by atoms with van der Waals surface area (Å²) in [6, 6.07) is 8.44. The second kappa shape index (κ2) is 10.00. The van der Waals surface area contributed by atoms with E-state index in [2.05, 4.69) is 54.0 Å². The molecule has 1 saturated heterocycles. The van der Waals surface area contributed by atoms with E-state index in [0.29, 0.717) is 6.04 Å². The number of nitrogens with zero attached hydrogens (tertiary/aromatic N) is 4. The van der Waals surface area contributed by atoms with Crippen LogP contribution in [0.15, 0.2) is 29.3 Å². The number of aliphatic imine (C=N–C) groups is 1. The summed E-state index contributed by atoms with van der Waals surface area (Å²) in [7, 11) is 4.25. The third-order valence-electron chi connectivity index (χ3n) is 4.73. The van der Waals surface area contributed by atoms with Gasteiger partial charge in [0, 0.05) is 57.4 Å². The Morgan fingerprint density at radius 3 is 2.60 bits per heavy atom. The van der Waals surface area contributed by atoms with Crippen LogP contribution in [0.1, 0.15) is 19.4 Å². The van der Waals surface area contributed by atoms with Crippen LogP contribution in [0, 0.1) is 0 Å². The molecule has 0 amide bonds. The highest BCUT2D eigenvalue weighted by molar-refractivity contribution is 6.31. The summed E-state index contributed by atoms with van der Waals surface area (Å²) in [4.78, 5) is 11.9. The first-order valence-electron chi connectivity index (χ1n) is 9.16. The van der Waals surface area contributed by atoms with E-state index in [-0.39, 0.29) is 0 Å². The lowest BCUT2D eigenvalue weighted by Crippen LogP contribution is -2.49. The first-order valence-corrected chi connectivity index (χ1v) is 9.54. The smallest absolute Gasteiger partial charge is 0.194 e. The van der Waals surface area contributed by atoms with Crippen molar-refractivity contribution in [2.24, 2.45) is 4.99 Å². The topological polar surface area (TPSA) is 34.1 Å². The van der Waals surface area contributed by atoms with E-state index >= 15 is 0 Å². The number of hydrogen-bond donors (Lipinski definition) is 1. The van der Waals surface area contributed by atoms with Crippen LogP contribution in [0.3, 0.4) is 0 Å². The standard InChI is InChI=1S/C19H32ClN5/c1-5-21-19(24(4)15-17-8-6-7-9-18(17)20)22-14-16(2)25-12-10-23(3)11-13-25/h6-9,16H,5,10-15H2,1-4H3,(H,21,22). The summed E-state index contributed by atoms with van der Waals surface area (Å²) in [6.45, 7) is 11.3. The molecule has 2 rings (SSSR count). The van der Waals surface area contributed by atoms with Crippen molar-refractivity contribution in [1.82, 2.24) is 20.0 Å². The Morgan fingerprint density at radius 2 is 1.96 bits per heavy atom. The van der Waals surface area contributed by atoms with Gasteiger partial charge in [0.25, 0.3) is 0 Å². The molecule has 1 aliphatic rings. The lowest BCUT2D eigenvalue weighted by Gasteiger charge is -2.36. The lowest BCUT2D eigenvalue weighted by molar-refractivity contribution is 0.122.